The summed E-state index contributed by atoms with van der Waals surface area (Å²) in [5.41, 5.74) is 0.677. The lowest BCUT2D eigenvalue weighted by atomic mass is 10.2. The van der Waals surface area contributed by atoms with Crippen molar-refractivity contribution in [2.75, 3.05) is 6.61 Å². The second-order valence-corrected chi connectivity index (χ2v) is 4.24. The zero-order valence-electron chi connectivity index (χ0n) is 10.8. The molecule has 1 aromatic rings. The Balaban J connectivity index is 0.00000121. The van der Waals surface area contributed by atoms with Crippen LogP contribution < -0.4 is 4.74 Å². The van der Waals surface area contributed by atoms with Gasteiger partial charge in [0.2, 0.25) is 0 Å². The molecule has 0 atom stereocenters. The Bertz CT molecular complexity index is 348. The topological polar surface area (TPSA) is 29.5 Å². The molecule has 0 spiro atoms. The van der Waals surface area contributed by atoms with Crippen molar-refractivity contribution in [2.45, 2.75) is 33.6 Å². The molecule has 0 aliphatic carbocycles. The molecule has 0 heterocycles. The SMILES string of the molecule is C=C(O)c1cc(Br)cc(OCCCC)c1.CC. The summed E-state index contributed by atoms with van der Waals surface area (Å²) >= 11 is 3.36. The van der Waals surface area contributed by atoms with Gasteiger partial charge in [0.1, 0.15) is 11.5 Å². The second kappa shape index (κ2) is 9.11. The highest BCUT2D eigenvalue weighted by atomic mass is 79.9. The van der Waals surface area contributed by atoms with Gasteiger partial charge in [-0.2, -0.15) is 0 Å². The Morgan fingerprint density at radius 1 is 1.35 bits per heavy atom. The molecule has 0 aliphatic heterocycles. The fraction of sp³-hybridized carbons (Fsp3) is 0.429. The smallest absolute Gasteiger partial charge is 0.121 e. The summed E-state index contributed by atoms with van der Waals surface area (Å²) < 4.78 is 6.41. The van der Waals surface area contributed by atoms with Crippen LogP contribution >= 0.6 is 15.9 Å². The minimum absolute atomic E-state index is 0.0524. The molecule has 0 aliphatic rings. The first-order valence-electron chi connectivity index (χ1n) is 5.95. The van der Waals surface area contributed by atoms with Crippen molar-refractivity contribution in [3.05, 3.63) is 34.8 Å². The molecule has 0 saturated carbocycles. The zero-order chi connectivity index (χ0) is 13.3. The fourth-order valence-electron chi connectivity index (χ4n) is 1.15. The van der Waals surface area contributed by atoms with E-state index in [4.69, 9.17) is 4.74 Å². The predicted molar refractivity (Wildman–Crippen MR) is 77.6 cm³/mol. The highest BCUT2D eigenvalue weighted by molar-refractivity contribution is 9.10. The van der Waals surface area contributed by atoms with E-state index in [2.05, 4.69) is 29.4 Å². The third-order valence-corrected chi connectivity index (χ3v) is 2.43. The van der Waals surface area contributed by atoms with Crippen LogP contribution in [0.5, 0.6) is 5.75 Å². The third-order valence-electron chi connectivity index (χ3n) is 1.97. The Hall–Kier alpha value is -0.960. The van der Waals surface area contributed by atoms with Crippen LogP contribution in [-0.4, -0.2) is 11.7 Å². The predicted octanol–water partition coefficient (Wildman–Crippen LogP) is 5.18. The summed E-state index contributed by atoms with van der Waals surface area (Å²) in [5.74, 6) is 0.805. The van der Waals surface area contributed by atoms with Crippen LogP contribution in [0.25, 0.3) is 5.76 Å². The highest BCUT2D eigenvalue weighted by Gasteiger charge is 2.02. The molecule has 0 radical (unpaired) electrons. The van der Waals surface area contributed by atoms with Crippen LogP contribution in [0.3, 0.4) is 0 Å². The number of unbranched alkanes of at least 4 members (excludes halogenated alkanes) is 1. The lowest BCUT2D eigenvalue weighted by molar-refractivity contribution is 0.309. The number of aliphatic hydroxyl groups is 1. The van der Waals surface area contributed by atoms with E-state index in [-0.39, 0.29) is 5.76 Å². The van der Waals surface area contributed by atoms with Crippen molar-refractivity contribution < 1.29 is 9.84 Å². The van der Waals surface area contributed by atoms with Crippen molar-refractivity contribution in [2.24, 2.45) is 0 Å². The van der Waals surface area contributed by atoms with Gasteiger partial charge in [-0.1, -0.05) is 49.7 Å². The number of hydrogen-bond acceptors (Lipinski definition) is 2. The average molecular weight is 301 g/mol. The molecule has 0 bridgehead atoms. The summed E-state index contributed by atoms with van der Waals surface area (Å²) in [6, 6.07) is 5.46. The van der Waals surface area contributed by atoms with Crippen LogP contribution in [0.1, 0.15) is 39.2 Å². The van der Waals surface area contributed by atoms with Crippen LogP contribution in [0.15, 0.2) is 29.3 Å². The maximum Gasteiger partial charge on any atom is 0.121 e. The molecule has 17 heavy (non-hydrogen) atoms. The molecular formula is C14H21BrO2. The van der Waals surface area contributed by atoms with E-state index in [1.165, 1.54) is 0 Å². The largest absolute Gasteiger partial charge is 0.508 e. The quantitative estimate of drug-likeness (QED) is 0.599. The number of halogens is 1. The van der Waals surface area contributed by atoms with Gasteiger partial charge in [-0.25, -0.2) is 0 Å². The van der Waals surface area contributed by atoms with E-state index < -0.39 is 0 Å². The summed E-state index contributed by atoms with van der Waals surface area (Å²) in [6.45, 7) is 10.3. The summed E-state index contributed by atoms with van der Waals surface area (Å²) in [4.78, 5) is 0. The maximum atomic E-state index is 9.27. The van der Waals surface area contributed by atoms with Gasteiger partial charge < -0.3 is 9.84 Å². The summed E-state index contributed by atoms with van der Waals surface area (Å²) in [6.07, 6.45) is 2.13. The third kappa shape index (κ3) is 6.37. The lowest BCUT2D eigenvalue weighted by Crippen LogP contribution is -1.97. The fourth-order valence-corrected chi connectivity index (χ4v) is 1.62. The Kier molecular flexibility index (Phi) is 8.60. The summed E-state index contributed by atoms with van der Waals surface area (Å²) in [7, 11) is 0. The summed E-state index contributed by atoms with van der Waals surface area (Å²) in [5, 5.41) is 9.27. The van der Waals surface area contributed by atoms with E-state index in [1.807, 2.05) is 19.9 Å². The van der Waals surface area contributed by atoms with E-state index in [0.717, 1.165) is 23.1 Å². The average Bonchev–Trinajstić information content (AvgIpc) is 2.31. The van der Waals surface area contributed by atoms with Crippen molar-refractivity contribution >= 4 is 21.7 Å². The molecule has 1 aromatic carbocycles. The number of aliphatic hydroxyl groups excluding tert-OH is 1. The monoisotopic (exact) mass is 300 g/mol. The number of hydrogen-bond donors (Lipinski definition) is 1. The van der Waals surface area contributed by atoms with E-state index >= 15 is 0 Å². The number of ether oxygens (including phenoxy) is 1. The van der Waals surface area contributed by atoms with Gasteiger partial charge in [0.15, 0.2) is 0 Å². The van der Waals surface area contributed by atoms with E-state index in [9.17, 15) is 5.11 Å². The van der Waals surface area contributed by atoms with Crippen molar-refractivity contribution in [1.82, 2.24) is 0 Å². The number of rotatable bonds is 5. The molecule has 0 saturated heterocycles. The van der Waals surface area contributed by atoms with Gasteiger partial charge in [0.25, 0.3) is 0 Å². The first-order chi connectivity index (χ1) is 8.13. The van der Waals surface area contributed by atoms with Gasteiger partial charge >= 0.3 is 0 Å². The minimum Gasteiger partial charge on any atom is -0.508 e. The standard InChI is InChI=1S/C12H15BrO2.C2H6/c1-3-4-5-15-12-7-10(9(2)14)6-11(13)8-12;1-2/h6-8,14H,2-5H2,1H3;1-2H3. The van der Waals surface area contributed by atoms with Gasteiger partial charge in [-0.15, -0.1) is 0 Å². The van der Waals surface area contributed by atoms with Crippen molar-refractivity contribution in [1.29, 1.82) is 0 Å². The van der Waals surface area contributed by atoms with Crippen molar-refractivity contribution in [3.63, 3.8) is 0 Å². The molecule has 1 rings (SSSR count). The molecule has 3 heteroatoms. The maximum absolute atomic E-state index is 9.27. The Labute approximate surface area is 112 Å². The van der Waals surface area contributed by atoms with Gasteiger partial charge in [0, 0.05) is 10.0 Å². The molecular weight excluding hydrogens is 280 g/mol. The highest BCUT2D eigenvalue weighted by Crippen LogP contribution is 2.24. The molecule has 96 valence electrons. The first-order valence-corrected chi connectivity index (χ1v) is 6.74. The zero-order valence-corrected chi connectivity index (χ0v) is 12.4. The van der Waals surface area contributed by atoms with Crippen LogP contribution in [0.4, 0.5) is 0 Å². The molecule has 0 amide bonds. The van der Waals surface area contributed by atoms with Gasteiger partial charge in [-0.05, 0) is 24.6 Å². The first kappa shape index (κ1) is 16.0. The van der Waals surface area contributed by atoms with Gasteiger partial charge in [0.05, 0.1) is 6.61 Å². The van der Waals surface area contributed by atoms with Crippen LogP contribution in [0.2, 0.25) is 0 Å². The van der Waals surface area contributed by atoms with Crippen molar-refractivity contribution in [3.8, 4) is 5.75 Å². The second-order valence-electron chi connectivity index (χ2n) is 3.32. The molecule has 0 unspecified atom stereocenters. The molecule has 0 aromatic heterocycles. The molecule has 0 fully saturated rings. The van der Waals surface area contributed by atoms with E-state index in [0.29, 0.717) is 12.2 Å². The minimum atomic E-state index is 0.0524. The van der Waals surface area contributed by atoms with Crippen LogP contribution in [0, 0.1) is 0 Å². The number of benzene rings is 1. The Morgan fingerprint density at radius 2 is 2.00 bits per heavy atom. The molecule has 2 nitrogen and oxygen atoms in total. The molecule has 1 N–H and O–H groups in total. The lowest BCUT2D eigenvalue weighted by Gasteiger charge is -2.08. The van der Waals surface area contributed by atoms with Crippen LogP contribution in [-0.2, 0) is 0 Å². The Morgan fingerprint density at radius 3 is 2.53 bits per heavy atom. The van der Waals surface area contributed by atoms with Gasteiger partial charge in [-0.3, -0.25) is 0 Å². The normalized spacial score (nSPS) is 9.18. The van der Waals surface area contributed by atoms with E-state index in [1.54, 1.807) is 12.1 Å².